The van der Waals surface area contributed by atoms with Gasteiger partial charge in [-0.3, -0.25) is 0 Å². The van der Waals surface area contributed by atoms with E-state index in [-0.39, 0.29) is 0 Å². The van der Waals surface area contributed by atoms with Crippen LogP contribution >= 0.6 is 0 Å². The molecule has 0 saturated carbocycles. The molecule has 4 nitrogen and oxygen atoms in total. The van der Waals surface area contributed by atoms with Crippen LogP contribution in [0, 0.1) is 6.92 Å². The van der Waals surface area contributed by atoms with Crippen LogP contribution in [0.25, 0.3) is 5.65 Å². The molecule has 0 atom stereocenters. The molecule has 0 fully saturated rings. The van der Waals surface area contributed by atoms with Crippen molar-refractivity contribution in [2.45, 2.75) is 6.92 Å². The van der Waals surface area contributed by atoms with Crippen LogP contribution in [0.15, 0.2) is 18.5 Å². The highest BCUT2D eigenvalue weighted by atomic mass is 15.3. The van der Waals surface area contributed by atoms with Crippen LogP contribution in [0.5, 0.6) is 0 Å². The van der Waals surface area contributed by atoms with E-state index in [1.165, 1.54) is 0 Å². The maximum absolute atomic E-state index is 4.34. The van der Waals surface area contributed by atoms with Crippen molar-refractivity contribution in [2.75, 3.05) is 12.4 Å². The van der Waals surface area contributed by atoms with Crippen LogP contribution < -0.4 is 5.32 Å². The number of anilines is 1. The van der Waals surface area contributed by atoms with Gasteiger partial charge in [-0.2, -0.15) is 5.10 Å². The molecule has 1 N–H and O–H groups in total. The molecule has 0 aliphatic rings. The van der Waals surface area contributed by atoms with Gasteiger partial charge in [0.1, 0.15) is 0 Å². The van der Waals surface area contributed by atoms with Gasteiger partial charge in [-0.15, -0.1) is 0 Å². The molecule has 0 spiro atoms. The van der Waals surface area contributed by atoms with E-state index < -0.39 is 0 Å². The Morgan fingerprint density at radius 2 is 2.33 bits per heavy atom. The van der Waals surface area contributed by atoms with E-state index in [2.05, 4.69) is 15.4 Å². The number of nitrogens with zero attached hydrogens (tertiary/aromatic N) is 3. The molecule has 4 heteroatoms. The first-order chi connectivity index (χ1) is 5.81. The van der Waals surface area contributed by atoms with Gasteiger partial charge in [-0.05, 0) is 13.0 Å². The molecule has 0 radical (unpaired) electrons. The lowest BCUT2D eigenvalue weighted by molar-refractivity contribution is 0.929. The smallest absolute Gasteiger partial charge is 0.178 e. The first-order valence-electron chi connectivity index (χ1n) is 3.80. The average Bonchev–Trinajstić information content (AvgIpc) is 2.46. The molecule has 0 aromatic carbocycles. The molecule has 0 saturated heterocycles. The van der Waals surface area contributed by atoms with Gasteiger partial charge in [0.2, 0.25) is 0 Å². The van der Waals surface area contributed by atoms with E-state index in [0.29, 0.717) is 0 Å². The minimum Gasteiger partial charge on any atom is -0.384 e. The summed E-state index contributed by atoms with van der Waals surface area (Å²) in [6.45, 7) is 1.96. The predicted octanol–water partition coefficient (Wildman–Crippen LogP) is 1.08. The van der Waals surface area contributed by atoms with Gasteiger partial charge in [0.25, 0.3) is 0 Å². The van der Waals surface area contributed by atoms with Gasteiger partial charge in [-0.1, -0.05) is 0 Å². The molecular formula is C8H10N4. The lowest BCUT2D eigenvalue weighted by atomic mass is 10.4. The van der Waals surface area contributed by atoms with Crippen LogP contribution in [-0.4, -0.2) is 21.6 Å². The lowest BCUT2D eigenvalue weighted by Crippen LogP contribution is -1.93. The van der Waals surface area contributed by atoms with Gasteiger partial charge < -0.3 is 5.32 Å². The van der Waals surface area contributed by atoms with Gasteiger partial charge in [-0.25, -0.2) is 9.50 Å². The Balaban J connectivity index is 2.75. The molecule has 0 aliphatic heterocycles. The predicted molar refractivity (Wildman–Crippen MR) is 47.3 cm³/mol. The van der Waals surface area contributed by atoms with Crippen molar-refractivity contribution < 1.29 is 0 Å². The third kappa shape index (κ3) is 0.922. The number of fused-ring (bicyclic) bond motifs is 1. The van der Waals surface area contributed by atoms with Crippen LogP contribution in [0.1, 0.15) is 5.69 Å². The zero-order valence-electron chi connectivity index (χ0n) is 7.07. The second kappa shape index (κ2) is 2.48. The number of nitrogens with one attached hydrogen (secondary N) is 1. The Labute approximate surface area is 70.2 Å². The fourth-order valence-corrected chi connectivity index (χ4v) is 1.14. The largest absolute Gasteiger partial charge is 0.384 e. The zero-order chi connectivity index (χ0) is 8.55. The van der Waals surface area contributed by atoms with Crippen LogP contribution in [0.3, 0.4) is 0 Å². The number of hydrogen-bond acceptors (Lipinski definition) is 3. The number of aryl methyl sites for hydroxylation is 1. The number of rotatable bonds is 1. The van der Waals surface area contributed by atoms with E-state index in [1.807, 2.05) is 26.2 Å². The highest BCUT2D eigenvalue weighted by molar-refractivity contribution is 5.66. The number of aromatic nitrogens is 3. The third-order valence-corrected chi connectivity index (χ3v) is 1.78. The van der Waals surface area contributed by atoms with E-state index in [9.17, 15) is 0 Å². The van der Waals surface area contributed by atoms with Gasteiger partial charge in [0, 0.05) is 18.9 Å². The first kappa shape index (κ1) is 7.09. The summed E-state index contributed by atoms with van der Waals surface area (Å²) in [4.78, 5) is 4.34. The summed E-state index contributed by atoms with van der Waals surface area (Å²) in [7, 11) is 1.86. The summed E-state index contributed by atoms with van der Waals surface area (Å²) in [5, 5.41) is 7.15. The molecular weight excluding hydrogens is 152 g/mol. The minimum atomic E-state index is 0.873. The van der Waals surface area contributed by atoms with Gasteiger partial charge in [0.15, 0.2) is 5.65 Å². The normalized spacial score (nSPS) is 10.5. The van der Waals surface area contributed by atoms with Gasteiger partial charge in [0.05, 0.1) is 11.9 Å². The Bertz CT molecular complexity index is 404. The van der Waals surface area contributed by atoms with E-state index >= 15 is 0 Å². The third-order valence-electron chi connectivity index (χ3n) is 1.78. The molecule has 0 aliphatic carbocycles. The van der Waals surface area contributed by atoms with Crippen molar-refractivity contribution in [3.63, 3.8) is 0 Å². The molecule has 62 valence electrons. The molecule has 0 bridgehead atoms. The average molecular weight is 162 g/mol. The van der Waals surface area contributed by atoms with Crippen molar-refractivity contribution in [1.29, 1.82) is 0 Å². The van der Waals surface area contributed by atoms with Crippen molar-refractivity contribution >= 4 is 11.3 Å². The topological polar surface area (TPSA) is 42.2 Å². The van der Waals surface area contributed by atoms with Crippen LogP contribution in [0.2, 0.25) is 0 Å². The standard InChI is InChI=1S/C8H10N4/c1-6-3-4-12-8(11-6)7(9-2)5-10-12/h3-5,9H,1-2H3. The fourth-order valence-electron chi connectivity index (χ4n) is 1.14. The summed E-state index contributed by atoms with van der Waals surface area (Å²) in [6, 6.07) is 1.93. The van der Waals surface area contributed by atoms with Crippen molar-refractivity contribution in [3.05, 3.63) is 24.2 Å². The maximum Gasteiger partial charge on any atom is 0.178 e. The Kier molecular flexibility index (Phi) is 1.46. The lowest BCUT2D eigenvalue weighted by Gasteiger charge is -1.96. The Morgan fingerprint density at radius 1 is 1.50 bits per heavy atom. The van der Waals surface area contributed by atoms with E-state index in [4.69, 9.17) is 0 Å². The minimum absolute atomic E-state index is 0.873. The second-order valence-corrected chi connectivity index (χ2v) is 2.65. The molecule has 0 amide bonds. The molecule has 0 unspecified atom stereocenters. The Hall–Kier alpha value is -1.58. The van der Waals surface area contributed by atoms with Gasteiger partial charge >= 0.3 is 0 Å². The Morgan fingerprint density at radius 3 is 3.08 bits per heavy atom. The highest BCUT2D eigenvalue weighted by Crippen LogP contribution is 2.12. The molecule has 2 rings (SSSR count). The van der Waals surface area contributed by atoms with Crippen molar-refractivity contribution in [3.8, 4) is 0 Å². The summed E-state index contributed by atoms with van der Waals surface area (Å²) < 4.78 is 1.75. The SMILES string of the molecule is CNc1cnn2ccc(C)nc12. The zero-order valence-corrected chi connectivity index (χ0v) is 7.07. The number of hydrogen-bond donors (Lipinski definition) is 1. The van der Waals surface area contributed by atoms with E-state index in [0.717, 1.165) is 17.0 Å². The maximum atomic E-state index is 4.34. The molecule has 2 heterocycles. The monoisotopic (exact) mass is 162 g/mol. The quantitative estimate of drug-likeness (QED) is 0.682. The summed E-state index contributed by atoms with van der Waals surface area (Å²) in [6.07, 6.45) is 3.67. The van der Waals surface area contributed by atoms with Crippen molar-refractivity contribution in [2.24, 2.45) is 0 Å². The molecule has 2 aromatic heterocycles. The van der Waals surface area contributed by atoms with E-state index in [1.54, 1.807) is 10.7 Å². The second-order valence-electron chi connectivity index (χ2n) is 2.65. The molecule has 12 heavy (non-hydrogen) atoms. The van der Waals surface area contributed by atoms with Crippen LogP contribution in [0.4, 0.5) is 5.69 Å². The summed E-state index contributed by atoms with van der Waals surface area (Å²) in [5.41, 5.74) is 2.83. The molecule has 2 aromatic rings. The summed E-state index contributed by atoms with van der Waals surface area (Å²) >= 11 is 0. The van der Waals surface area contributed by atoms with Crippen molar-refractivity contribution in [1.82, 2.24) is 14.6 Å². The fraction of sp³-hybridized carbons (Fsp3) is 0.250. The highest BCUT2D eigenvalue weighted by Gasteiger charge is 2.01. The van der Waals surface area contributed by atoms with Crippen LogP contribution in [-0.2, 0) is 0 Å². The first-order valence-corrected chi connectivity index (χ1v) is 3.80. The summed E-state index contributed by atoms with van der Waals surface area (Å²) in [5.74, 6) is 0.